The van der Waals surface area contributed by atoms with Crippen molar-refractivity contribution < 1.29 is 9.90 Å². The summed E-state index contributed by atoms with van der Waals surface area (Å²) in [5.74, 6) is -0.467. The zero-order chi connectivity index (χ0) is 13.1. The Bertz CT molecular complexity index is 434. The summed E-state index contributed by atoms with van der Waals surface area (Å²) in [5, 5.41) is 10.1. The Morgan fingerprint density at radius 3 is 3.00 bits per heavy atom. The van der Waals surface area contributed by atoms with E-state index in [2.05, 4.69) is 4.90 Å². The summed E-state index contributed by atoms with van der Waals surface area (Å²) in [6.07, 6.45) is 1.27. The van der Waals surface area contributed by atoms with Crippen LogP contribution in [0.5, 0.6) is 0 Å². The van der Waals surface area contributed by atoms with Gasteiger partial charge in [-0.15, -0.1) is 0 Å². The number of fused-ring (bicyclic) bond motifs is 1. The first-order valence-electron chi connectivity index (χ1n) is 6.41. The van der Waals surface area contributed by atoms with Crippen LogP contribution in [-0.4, -0.2) is 24.1 Å². The number of hydrogen-bond donors (Lipinski definition) is 2. The molecule has 4 heteroatoms. The van der Waals surface area contributed by atoms with Crippen LogP contribution in [0.1, 0.15) is 31.4 Å². The molecule has 1 amide bonds. The number of nitrogens with zero attached hydrogens (tertiary/aromatic N) is 1. The maximum Gasteiger partial charge on any atom is 0.222 e. The smallest absolute Gasteiger partial charge is 0.222 e. The first kappa shape index (κ1) is 12.9. The molecule has 18 heavy (non-hydrogen) atoms. The molecule has 0 bridgehead atoms. The fourth-order valence-electron chi connectivity index (χ4n) is 2.42. The van der Waals surface area contributed by atoms with Crippen molar-refractivity contribution in [3.05, 3.63) is 29.8 Å². The lowest BCUT2D eigenvalue weighted by Gasteiger charge is -2.27. The summed E-state index contributed by atoms with van der Waals surface area (Å²) in [4.78, 5) is 13.3. The van der Waals surface area contributed by atoms with Crippen LogP contribution in [0.2, 0.25) is 0 Å². The van der Waals surface area contributed by atoms with Gasteiger partial charge in [-0.2, -0.15) is 0 Å². The van der Waals surface area contributed by atoms with Gasteiger partial charge in [0.05, 0.1) is 12.0 Å². The highest BCUT2D eigenvalue weighted by Crippen LogP contribution is 2.32. The van der Waals surface area contributed by atoms with Crippen LogP contribution in [-0.2, 0) is 4.79 Å². The Morgan fingerprint density at radius 2 is 2.28 bits per heavy atom. The highest BCUT2D eigenvalue weighted by molar-refractivity contribution is 5.77. The quantitative estimate of drug-likeness (QED) is 0.850. The predicted molar refractivity (Wildman–Crippen MR) is 71.2 cm³/mol. The molecule has 2 atom stereocenters. The standard InChI is InChI=1S/C14H20N2O2/c1-10(14(15)18)9-16-8-4-7-13(17)11-5-2-3-6-12(11)16/h2-3,5-6,10,13,17H,4,7-9H2,1H3,(H2,15,18). The average molecular weight is 248 g/mol. The number of carbonyl (C=O) groups excluding carboxylic acids is 1. The molecule has 4 nitrogen and oxygen atoms in total. The van der Waals surface area contributed by atoms with Crippen LogP contribution in [0, 0.1) is 5.92 Å². The van der Waals surface area contributed by atoms with Gasteiger partial charge in [0.25, 0.3) is 0 Å². The number of anilines is 1. The van der Waals surface area contributed by atoms with Gasteiger partial charge < -0.3 is 15.7 Å². The minimum Gasteiger partial charge on any atom is -0.388 e. The summed E-state index contributed by atoms with van der Waals surface area (Å²) >= 11 is 0. The van der Waals surface area contributed by atoms with Gasteiger partial charge in [0.1, 0.15) is 0 Å². The predicted octanol–water partition coefficient (Wildman–Crippen LogP) is 1.44. The summed E-state index contributed by atoms with van der Waals surface area (Å²) in [6.45, 7) is 3.30. The number of hydrogen-bond acceptors (Lipinski definition) is 3. The third-order valence-corrected chi connectivity index (χ3v) is 3.52. The van der Waals surface area contributed by atoms with E-state index in [0.717, 1.165) is 30.6 Å². The first-order chi connectivity index (χ1) is 8.59. The molecule has 1 aliphatic heterocycles. The van der Waals surface area contributed by atoms with Crippen molar-refractivity contribution in [1.29, 1.82) is 0 Å². The number of aliphatic hydroxyl groups excluding tert-OH is 1. The summed E-state index contributed by atoms with van der Waals surface area (Å²) in [5.41, 5.74) is 7.30. The zero-order valence-corrected chi connectivity index (χ0v) is 10.7. The van der Waals surface area contributed by atoms with Gasteiger partial charge in [0.15, 0.2) is 0 Å². The molecule has 2 unspecified atom stereocenters. The molecule has 0 aliphatic carbocycles. The highest BCUT2D eigenvalue weighted by Gasteiger charge is 2.23. The Labute approximate surface area is 107 Å². The first-order valence-corrected chi connectivity index (χ1v) is 6.41. The molecular formula is C14H20N2O2. The monoisotopic (exact) mass is 248 g/mol. The molecule has 0 saturated carbocycles. The van der Waals surface area contributed by atoms with Crippen LogP contribution in [0.25, 0.3) is 0 Å². The zero-order valence-electron chi connectivity index (χ0n) is 10.7. The van der Waals surface area contributed by atoms with E-state index in [-0.39, 0.29) is 11.8 Å². The van der Waals surface area contributed by atoms with Gasteiger partial charge in [-0.25, -0.2) is 0 Å². The summed E-state index contributed by atoms with van der Waals surface area (Å²) < 4.78 is 0. The number of para-hydroxylation sites is 1. The Balaban J connectivity index is 2.26. The van der Waals surface area contributed by atoms with Gasteiger partial charge in [0, 0.05) is 24.3 Å². The van der Waals surface area contributed by atoms with Gasteiger partial charge >= 0.3 is 0 Å². The van der Waals surface area contributed by atoms with Crippen LogP contribution < -0.4 is 10.6 Å². The fraction of sp³-hybridized carbons (Fsp3) is 0.500. The van der Waals surface area contributed by atoms with E-state index in [1.807, 2.05) is 31.2 Å². The van der Waals surface area contributed by atoms with Crippen molar-refractivity contribution >= 4 is 11.6 Å². The number of nitrogens with two attached hydrogens (primary N) is 1. The van der Waals surface area contributed by atoms with Crippen molar-refractivity contribution in [3.63, 3.8) is 0 Å². The molecule has 3 N–H and O–H groups in total. The van der Waals surface area contributed by atoms with E-state index >= 15 is 0 Å². The normalized spacial score (nSPS) is 21.0. The van der Waals surface area contributed by atoms with E-state index in [4.69, 9.17) is 5.73 Å². The molecule has 2 rings (SSSR count). The minimum atomic E-state index is -0.407. The average Bonchev–Trinajstić information content (AvgIpc) is 2.51. The largest absolute Gasteiger partial charge is 0.388 e. The minimum absolute atomic E-state index is 0.187. The van der Waals surface area contributed by atoms with Crippen molar-refractivity contribution in [3.8, 4) is 0 Å². The number of primary amides is 1. The Kier molecular flexibility index (Phi) is 3.87. The topological polar surface area (TPSA) is 66.6 Å². The molecule has 0 aromatic heterocycles. The molecule has 98 valence electrons. The van der Waals surface area contributed by atoms with Gasteiger partial charge in [-0.1, -0.05) is 25.1 Å². The molecule has 1 aliphatic rings. The molecule has 1 heterocycles. The molecule has 0 fully saturated rings. The molecular weight excluding hydrogens is 228 g/mol. The Hall–Kier alpha value is -1.55. The van der Waals surface area contributed by atoms with E-state index in [1.165, 1.54) is 0 Å². The fourth-order valence-corrected chi connectivity index (χ4v) is 2.42. The van der Waals surface area contributed by atoms with Crippen LogP contribution >= 0.6 is 0 Å². The lowest BCUT2D eigenvalue weighted by atomic mass is 10.0. The van der Waals surface area contributed by atoms with E-state index in [9.17, 15) is 9.90 Å². The van der Waals surface area contributed by atoms with Gasteiger partial charge in [-0.3, -0.25) is 4.79 Å². The third-order valence-electron chi connectivity index (χ3n) is 3.52. The molecule has 0 radical (unpaired) electrons. The second-order valence-electron chi connectivity index (χ2n) is 4.97. The molecule has 0 saturated heterocycles. The third kappa shape index (κ3) is 2.64. The van der Waals surface area contributed by atoms with E-state index in [0.29, 0.717) is 6.54 Å². The maximum absolute atomic E-state index is 11.2. The Morgan fingerprint density at radius 1 is 1.56 bits per heavy atom. The number of rotatable bonds is 3. The number of benzene rings is 1. The van der Waals surface area contributed by atoms with Gasteiger partial charge in [-0.05, 0) is 18.9 Å². The van der Waals surface area contributed by atoms with Crippen molar-refractivity contribution in [2.45, 2.75) is 25.9 Å². The second-order valence-corrected chi connectivity index (χ2v) is 4.97. The highest BCUT2D eigenvalue weighted by atomic mass is 16.3. The number of amides is 1. The maximum atomic E-state index is 11.2. The summed E-state index contributed by atoms with van der Waals surface area (Å²) in [7, 11) is 0. The lowest BCUT2D eigenvalue weighted by Crippen LogP contribution is -2.35. The van der Waals surface area contributed by atoms with Crippen molar-refractivity contribution in [1.82, 2.24) is 0 Å². The number of carbonyl (C=O) groups is 1. The molecule has 0 spiro atoms. The van der Waals surface area contributed by atoms with E-state index in [1.54, 1.807) is 0 Å². The van der Waals surface area contributed by atoms with Gasteiger partial charge in [0.2, 0.25) is 5.91 Å². The van der Waals surface area contributed by atoms with Crippen LogP contribution in [0.4, 0.5) is 5.69 Å². The molecule has 1 aromatic carbocycles. The SMILES string of the molecule is CC(CN1CCCC(O)c2ccccc21)C(N)=O. The van der Waals surface area contributed by atoms with Crippen molar-refractivity contribution in [2.75, 3.05) is 18.0 Å². The summed E-state index contributed by atoms with van der Waals surface area (Å²) in [6, 6.07) is 7.84. The number of aliphatic hydroxyl groups is 1. The van der Waals surface area contributed by atoms with Crippen LogP contribution in [0.15, 0.2) is 24.3 Å². The van der Waals surface area contributed by atoms with Crippen molar-refractivity contribution in [2.24, 2.45) is 11.7 Å². The molecule has 1 aromatic rings. The lowest BCUT2D eigenvalue weighted by molar-refractivity contribution is -0.121. The second kappa shape index (κ2) is 5.40. The van der Waals surface area contributed by atoms with E-state index < -0.39 is 6.10 Å². The van der Waals surface area contributed by atoms with Crippen LogP contribution in [0.3, 0.4) is 0 Å².